The van der Waals surface area contributed by atoms with Crippen molar-refractivity contribution in [3.8, 4) is 5.75 Å². The van der Waals surface area contributed by atoms with E-state index in [1.165, 1.54) is 20.0 Å². The molecule has 0 radical (unpaired) electrons. The van der Waals surface area contributed by atoms with E-state index >= 15 is 0 Å². The zero-order valence-corrected chi connectivity index (χ0v) is 16.9. The Bertz CT molecular complexity index is 611. The lowest BCUT2D eigenvalue weighted by atomic mass is 9.77. The third-order valence-corrected chi connectivity index (χ3v) is 5.19. The van der Waals surface area contributed by atoms with Crippen molar-refractivity contribution in [2.24, 2.45) is 0 Å². The van der Waals surface area contributed by atoms with Crippen LogP contribution in [0.15, 0.2) is 18.2 Å². The van der Waals surface area contributed by atoms with Gasteiger partial charge in [0.1, 0.15) is 5.75 Å². The van der Waals surface area contributed by atoms with E-state index in [0.29, 0.717) is 17.9 Å². The molecule has 0 spiro atoms. The van der Waals surface area contributed by atoms with Crippen LogP contribution in [-0.4, -0.2) is 38.0 Å². The molecule has 0 atom stereocenters. The van der Waals surface area contributed by atoms with Crippen LogP contribution in [-0.2, 0) is 14.0 Å². The molecule has 0 N–H and O–H groups in total. The van der Waals surface area contributed by atoms with Crippen LogP contribution in [0.4, 0.5) is 0 Å². The molecule has 0 amide bonds. The van der Waals surface area contributed by atoms with Crippen LogP contribution in [0.5, 0.6) is 5.75 Å². The Morgan fingerprint density at radius 2 is 1.73 bits per heavy atom. The molecule has 26 heavy (non-hydrogen) atoms. The monoisotopic (exact) mass is 362 g/mol. The number of unbranched alkanes of at least 4 members (excludes halogenated alkanes) is 3. The lowest BCUT2D eigenvalue weighted by Crippen LogP contribution is -2.41. The van der Waals surface area contributed by atoms with E-state index in [0.717, 1.165) is 18.3 Å². The minimum atomic E-state index is -0.588. The molecule has 1 aliphatic heterocycles. The predicted molar refractivity (Wildman–Crippen MR) is 103 cm³/mol. The van der Waals surface area contributed by atoms with Crippen LogP contribution in [0.25, 0.3) is 0 Å². The van der Waals surface area contributed by atoms with Crippen molar-refractivity contribution in [2.75, 3.05) is 13.7 Å². The van der Waals surface area contributed by atoms with Crippen molar-refractivity contribution >= 4 is 18.6 Å². The summed E-state index contributed by atoms with van der Waals surface area (Å²) in [6.45, 7) is 10.8. The topological polar surface area (TPSA) is 54.0 Å². The minimum Gasteiger partial charge on any atom is -0.494 e. The van der Waals surface area contributed by atoms with E-state index in [1.54, 1.807) is 18.2 Å². The molecule has 0 aromatic heterocycles. The van der Waals surface area contributed by atoms with E-state index in [2.05, 4.69) is 6.92 Å². The predicted octanol–water partition coefficient (Wildman–Crippen LogP) is 3.73. The molecule has 1 aromatic carbocycles. The molecular formula is C20H31BO5. The maximum absolute atomic E-state index is 11.9. The number of ether oxygens (including phenoxy) is 2. The summed E-state index contributed by atoms with van der Waals surface area (Å²) in [4.78, 5) is 11.9. The first-order valence-corrected chi connectivity index (χ1v) is 9.42. The number of carbonyl (C=O) groups excluding carboxylic acids is 1. The van der Waals surface area contributed by atoms with Gasteiger partial charge >= 0.3 is 13.1 Å². The molecule has 0 saturated carbocycles. The highest BCUT2D eigenvalue weighted by Crippen LogP contribution is 2.37. The highest BCUT2D eigenvalue weighted by molar-refractivity contribution is 6.63. The number of methoxy groups -OCH3 is 1. The SMILES string of the molecule is CCCCCCOc1ccc(C(=O)OC)cc1B1OC(C)(C)C(C)(C)O1. The Hall–Kier alpha value is -1.53. The first-order chi connectivity index (χ1) is 12.2. The van der Waals surface area contributed by atoms with E-state index in [4.69, 9.17) is 18.8 Å². The fourth-order valence-corrected chi connectivity index (χ4v) is 2.79. The molecule has 6 heteroatoms. The summed E-state index contributed by atoms with van der Waals surface area (Å²) < 4.78 is 23.1. The van der Waals surface area contributed by atoms with Crippen LogP contribution >= 0.6 is 0 Å². The number of esters is 1. The smallest absolute Gasteiger partial charge is 0.494 e. The molecule has 0 aliphatic carbocycles. The second-order valence-electron chi connectivity index (χ2n) is 7.74. The second kappa shape index (κ2) is 8.44. The van der Waals surface area contributed by atoms with Crippen molar-refractivity contribution in [3.05, 3.63) is 23.8 Å². The van der Waals surface area contributed by atoms with Gasteiger partial charge in [-0.3, -0.25) is 0 Å². The van der Waals surface area contributed by atoms with Crippen molar-refractivity contribution in [1.82, 2.24) is 0 Å². The van der Waals surface area contributed by atoms with Crippen LogP contribution in [0.2, 0.25) is 0 Å². The van der Waals surface area contributed by atoms with Crippen LogP contribution in [0, 0.1) is 0 Å². The summed E-state index contributed by atoms with van der Waals surface area (Å²) in [6.07, 6.45) is 4.53. The molecular weight excluding hydrogens is 331 g/mol. The minimum absolute atomic E-state index is 0.391. The summed E-state index contributed by atoms with van der Waals surface area (Å²) >= 11 is 0. The standard InChI is InChI=1S/C20H31BO5/c1-7-8-9-10-13-24-17-12-11-15(18(22)23-6)14-16(17)21-25-19(2,3)20(4,5)26-21/h11-12,14H,7-10,13H2,1-6H3. The average molecular weight is 362 g/mol. The van der Waals surface area contributed by atoms with Gasteiger partial charge in [-0.25, -0.2) is 4.79 Å². The maximum Gasteiger partial charge on any atom is 0.498 e. The highest BCUT2D eigenvalue weighted by atomic mass is 16.7. The van der Waals surface area contributed by atoms with Crippen molar-refractivity contribution in [2.45, 2.75) is 71.5 Å². The highest BCUT2D eigenvalue weighted by Gasteiger charge is 2.52. The van der Waals surface area contributed by atoms with Gasteiger partial charge in [0.25, 0.3) is 0 Å². The van der Waals surface area contributed by atoms with E-state index < -0.39 is 24.3 Å². The van der Waals surface area contributed by atoms with Crippen LogP contribution in [0.1, 0.15) is 70.7 Å². The lowest BCUT2D eigenvalue weighted by Gasteiger charge is -2.32. The Morgan fingerprint density at radius 3 is 2.31 bits per heavy atom. The zero-order chi connectivity index (χ0) is 19.4. The third-order valence-electron chi connectivity index (χ3n) is 5.19. The van der Waals surface area contributed by atoms with Gasteiger partial charge < -0.3 is 18.8 Å². The lowest BCUT2D eigenvalue weighted by molar-refractivity contribution is 0.00578. The summed E-state index contributed by atoms with van der Waals surface area (Å²) in [5, 5.41) is 0. The number of hydrogen-bond acceptors (Lipinski definition) is 5. The van der Waals surface area contributed by atoms with Gasteiger partial charge in [-0.15, -0.1) is 0 Å². The van der Waals surface area contributed by atoms with Gasteiger partial charge in [0.15, 0.2) is 0 Å². The van der Waals surface area contributed by atoms with Crippen LogP contribution in [0.3, 0.4) is 0 Å². The fraction of sp³-hybridized carbons (Fsp3) is 0.650. The third kappa shape index (κ3) is 4.60. The zero-order valence-electron chi connectivity index (χ0n) is 16.9. The average Bonchev–Trinajstić information content (AvgIpc) is 2.81. The van der Waals surface area contributed by atoms with Crippen molar-refractivity contribution in [1.29, 1.82) is 0 Å². The molecule has 0 bridgehead atoms. The Labute approximate surface area is 157 Å². The van der Waals surface area contributed by atoms with E-state index in [1.807, 2.05) is 27.7 Å². The molecule has 1 aliphatic rings. The molecule has 144 valence electrons. The summed E-state index contributed by atoms with van der Waals surface area (Å²) in [5.41, 5.74) is 0.256. The fourth-order valence-electron chi connectivity index (χ4n) is 2.79. The van der Waals surface area contributed by atoms with E-state index in [-0.39, 0.29) is 0 Å². The molecule has 0 unspecified atom stereocenters. The summed E-state index contributed by atoms with van der Waals surface area (Å²) in [6, 6.07) is 5.25. The molecule has 2 rings (SSSR count). The van der Waals surface area contributed by atoms with E-state index in [9.17, 15) is 4.79 Å². The van der Waals surface area contributed by atoms with Crippen molar-refractivity contribution < 1.29 is 23.6 Å². The largest absolute Gasteiger partial charge is 0.498 e. The summed E-state index contributed by atoms with van der Waals surface area (Å²) in [7, 11) is 0.782. The molecule has 5 nitrogen and oxygen atoms in total. The van der Waals surface area contributed by atoms with Gasteiger partial charge in [0.2, 0.25) is 0 Å². The Kier molecular flexibility index (Phi) is 6.75. The number of carbonyl (C=O) groups is 1. The quantitative estimate of drug-likeness (QED) is 0.401. The molecule has 1 aromatic rings. The first-order valence-electron chi connectivity index (χ1n) is 9.42. The Morgan fingerprint density at radius 1 is 1.08 bits per heavy atom. The summed E-state index contributed by atoms with van der Waals surface area (Å²) in [5.74, 6) is 0.296. The maximum atomic E-state index is 11.9. The molecule has 1 heterocycles. The number of hydrogen-bond donors (Lipinski definition) is 0. The Balaban J connectivity index is 2.24. The van der Waals surface area contributed by atoms with Crippen LogP contribution < -0.4 is 10.2 Å². The second-order valence-corrected chi connectivity index (χ2v) is 7.74. The van der Waals surface area contributed by atoms with Gasteiger partial charge in [0, 0.05) is 5.46 Å². The molecule has 1 fully saturated rings. The van der Waals surface area contributed by atoms with Gasteiger partial charge in [-0.1, -0.05) is 26.2 Å². The normalized spacial score (nSPS) is 18.0. The molecule has 1 saturated heterocycles. The van der Waals surface area contributed by atoms with Gasteiger partial charge in [0.05, 0.1) is 30.5 Å². The number of benzene rings is 1. The number of rotatable bonds is 8. The van der Waals surface area contributed by atoms with Gasteiger partial charge in [-0.2, -0.15) is 0 Å². The van der Waals surface area contributed by atoms with Crippen molar-refractivity contribution in [3.63, 3.8) is 0 Å². The first kappa shape index (κ1) is 20.8. The van der Waals surface area contributed by atoms with Gasteiger partial charge in [-0.05, 0) is 52.3 Å².